The van der Waals surface area contributed by atoms with Crippen molar-refractivity contribution < 1.29 is 4.79 Å². The lowest BCUT2D eigenvalue weighted by molar-refractivity contribution is 0.0648. The van der Waals surface area contributed by atoms with E-state index in [9.17, 15) is 9.59 Å². The number of carbonyl (C=O) groups excluding carboxylic acids is 1. The monoisotopic (exact) mass is 350 g/mol. The topological polar surface area (TPSA) is 70.5 Å². The number of nitrogens with zero attached hydrogens (tertiary/aromatic N) is 3. The second-order valence-corrected chi connectivity index (χ2v) is 7.37. The number of carbonyl (C=O) groups is 1. The first-order valence-corrected chi connectivity index (χ1v) is 8.90. The van der Waals surface area contributed by atoms with Crippen LogP contribution in [0.1, 0.15) is 41.4 Å². The van der Waals surface area contributed by atoms with Crippen LogP contribution in [0.25, 0.3) is 5.65 Å². The fraction of sp³-hybridized carbons (Fsp3) is 0.350. The molecule has 134 valence electrons. The maximum absolute atomic E-state index is 13.0. The van der Waals surface area contributed by atoms with Crippen molar-refractivity contribution in [3.8, 4) is 0 Å². The van der Waals surface area contributed by atoms with Crippen molar-refractivity contribution in [1.82, 2.24) is 19.5 Å². The van der Waals surface area contributed by atoms with Gasteiger partial charge in [0.1, 0.15) is 5.56 Å². The zero-order valence-corrected chi connectivity index (χ0v) is 15.0. The SMILES string of the molecule is Cc1cc2ncc(C(=O)N3CCCC(C)(c4ccccc4)C3)c(=O)n2[nH]1. The van der Waals surface area contributed by atoms with E-state index in [-0.39, 0.29) is 22.4 Å². The Hall–Kier alpha value is -2.89. The molecule has 1 aliphatic heterocycles. The van der Waals surface area contributed by atoms with E-state index in [2.05, 4.69) is 29.1 Å². The van der Waals surface area contributed by atoms with Crippen molar-refractivity contribution in [2.24, 2.45) is 0 Å². The minimum Gasteiger partial charge on any atom is -0.338 e. The molecule has 0 saturated carbocycles. The average Bonchev–Trinajstić information content (AvgIpc) is 3.04. The Bertz CT molecular complexity index is 1020. The van der Waals surface area contributed by atoms with Crippen molar-refractivity contribution in [2.75, 3.05) is 13.1 Å². The smallest absolute Gasteiger partial charge is 0.285 e. The molecule has 3 aromatic rings. The Kier molecular flexibility index (Phi) is 3.90. The molecule has 26 heavy (non-hydrogen) atoms. The first kappa shape index (κ1) is 16.6. The molecule has 1 N–H and O–H groups in total. The number of aryl methyl sites for hydroxylation is 1. The summed E-state index contributed by atoms with van der Waals surface area (Å²) < 4.78 is 1.34. The van der Waals surface area contributed by atoms with Crippen LogP contribution in [0.2, 0.25) is 0 Å². The normalized spacial score (nSPS) is 20.5. The highest BCUT2D eigenvalue weighted by atomic mass is 16.2. The molecule has 1 aliphatic rings. The lowest BCUT2D eigenvalue weighted by Gasteiger charge is -2.40. The van der Waals surface area contributed by atoms with Gasteiger partial charge in [0.25, 0.3) is 11.5 Å². The number of rotatable bonds is 2. The lowest BCUT2D eigenvalue weighted by Crippen LogP contribution is -2.48. The highest BCUT2D eigenvalue weighted by Gasteiger charge is 2.35. The van der Waals surface area contributed by atoms with Gasteiger partial charge in [-0.3, -0.25) is 14.7 Å². The van der Waals surface area contributed by atoms with Gasteiger partial charge in [-0.05, 0) is 25.3 Å². The number of H-pyrrole nitrogens is 1. The van der Waals surface area contributed by atoms with Crippen molar-refractivity contribution in [3.05, 3.63) is 69.8 Å². The third kappa shape index (κ3) is 2.71. The van der Waals surface area contributed by atoms with Gasteiger partial charge in [-0.15, -0.1) is 0 Å². The van der Waals surface area contributed by atoms with Crippen LogP contribution in [0.3, 0.4) is 0 Å². The van der Waals surface area contributed by atoms with E-state index in [1.165, 1.54) is 16.3 Å². The van der Waals surface area contributed by atoms with Gasteiger partial charge < -0.3 is 4.90 Å². The van der Waals surface area contributed by atoms with Crippen LogP contribution in [0, 0.1) is 6.92 Å². The minimum absolute atomic E-state index is 0.105. The Balaban J connectivity index is 1.66. The van der Waals surface area contributed by atoms with Gasteiger partial charge in [-0.2, -0.15) is 0 Å². The molecule has 0 aliphatic carbocycles. The third-order valence-electron chi connectivity index (χ3n) is 5.31. The molecule has 1 unspecified atom stereocenters. The zero-order valence-electron chi connectivity index (χ0n) is 15.0. The summed E-state index contributed by atoms with van der Waals surface area (Å²) in [7, 11) is 0. The predicted octanol–water partition coefficient (Wildman–Crippen LogP) is 2.52. The number of nitrogens with one attached hydrogen (secondary N) is 1. The fourth-order valence-corrected chi connectivity index (χ4v) is 3.89. The van der Waals surface area contributed by atoms with Gasteiger partial charge in [-0.25, -0.2) is 9.50 Å². The summed E-state index contributed by atoms with van der Waals surface area (Å²) in [5.74, 6) is -0.244. The van der Waals surface area contributed by atoms with E-state index >= 15 is 0 Å². The van der Waals surface area contributed by atoms with Crippen molar-refractivity contribution >= 4 is 11.6 Å². The number of aromatic amines is 1. The fourth-order valence-electron chi connectivity index (χ4n) is 3.89. The van der Waals surface area contributed by atoms with Gasteiger partial charge in [0.2, 0.25) is 0 Å². The van der Waals surface area contributed by atoms with E-state index in [1.54, 1.807) is 11.0 Å². The number of hydrogen-bond acceptors (Lipinski definition) is 3. The summed E-state index contributed by atoms with van der Waals surface area (Å²) in [6.07, 6.45) is 3.34. The Labute approximate surface area is 151 Å². The second kappa shape index (κ2) is 6.12. The molecule has 0 bridgehead atoms. The highest BCUT2D eigenvalue weighted by molar-refractivity contribution is 5.94. The largest absolute Gasteiger partial charge is 0.338 e. The van der Waals surface area contributed by atoms with Gasteiger partial charge in [0.15, 0.2) is 5.65 Å². The van der Waals surface area contributed by atoms with Gasteiger partial charge >= 0.3 is 0 Å². The number of fused-ring (bicyclic) bond motifs is 1. The van der Waals surface area contributed by atoms with Crippen LogP contribution in [0.4, 0.5) is 0 Å². The summed E-state index contributed by atoms with van der Waals surface area (Å²) in [6, 6.07) is 12.1. The molecule has 6 nitrogen and oxygen atoms in total. The van der Waals surface area contributed by atoms with E-state index < -0.39 is 0 Å². The van der Waals surface area contributed by atoms with Crippen LogP contribution in [-0.4, -0.2) is 38.5 Å². The van der Waals surface area contributed by atoms with Crippen LogP contribution in [-0.2, 0) is 5.41 Å². The molecule has 4 rings (SSSR count). The maximum Gasteiger partial charge on any atom is 0.285 e. The molecular formula is C20H22N4O2. The predicted molar refractivity (Wildman–Crippen MR) is 99.5 cm³/mol. The van der Waals surface area contributed by atoms with Crippen molar-refractivity contribution in [3.63, 3.8) is 0 Å². The third-order valence-corrected chi connectivity index (χ3v) is 5.31. The minimum atomic E-state index is -0.347. The van der Waals surface area contributed by atoms with E-state index in [4.69, 9.17) is 0 Å². The van der Waals surface area contributed by atoms with Crippen LogP contribution in [0.15, 0.2) is 47.4 Å². The molecule has 1 amide bonds. The molecule has 1 aromatic carbocycles. The van der Waals surface area contributed by atoms with Crippen molar-refractivity contribution in [2.45, 2.75) is 32.1 Å². The summed E-state index contributed by atoms with van der Waals surface area (Å²) in [5.41, 5.74) is 2.24. The van der Waals surface area contributed by atoms with Gasteiger partial charge in [0.05, 0.1) is 0 Å². The molecule has 1 saturated heterocycles. The average molecular weight is 350 g/mol. The molecule has 0 spiro atoms. The zero-order chi connectivity index (χ0) is 18.3. The summed E-state index contributed by atoms with van der Waals surface area (Å²) in [6.45, 7) is 5.30. The molecule has 1 fully saturated rings. The number of piperidine rings is 1. The highest BCUT2D eigenvalue weighted by Crippen LogP contribution is 2.33. The molecule has 1 atom stereocenters. The van der Waals surface area contributed by atoms with E-state index in [0.717, 1.165) is 18.5 Å². The van der Waals surface area contributed by atoms with E-state index in [1.807, 2.05) is 25.1 Å². The quantitative estimate of drug-likeness (QED) is 0.772. The second-order valence-electron chi connectivity index (χ2n) is 7.37. The summed E-state index contributed by atoms with van der Waals surface area (Å²) in [4.78, 5) is 31.8. The maximum atomic E-state index is 13.0. The summed E-state index contributed by atoms with van der Waals surface area (Å²) in [5, 5.41) is 2.94. The molecule has 0 radical (unpaired) electrons. The number of benzene rings is 1. The number of hydrogen-bond donors (Lipinski definition) is 1. The van der Waals surface area contributed by atoms with Crippen molar-refractivity contribution in [1.29, 1.82) is 0 Å². The molecule has 2 aromatic heterocycles. The Morgan fingerprint density at radius 3 is 2.81 bits per heavy atom. The Morgan fingerprint density at radius 2 is 2.04 bits per heavy atom. The first-order valence-electron chi connectivity index (χ1n) is 8.90. The lowest BCUT2D eigenvalue weighted by atomic mass is 9.76. The van der Waals surface area contributed by atoms with Gasteiger partial charge in [0, 0.05) is 36.5 Å². The molecule has 6 heteroatoms. The Morgan fingerprint density at radius 1 is 1.27 bits per heavy atom. The number of aromatic nitrogens is 3. The number of likely N-dealkylation sites (tertiary alicyclic amines) is 1. The summed E-state index contributed by atoms with van der Waals surface area (Å²) >= 11 is 0. The number of amides is 1. The molecular weight excluding hydrogens is 328 g/mol. The van der Waals surface area contributed by atoms with Crippen LogP contribution < -0.4 is 5.56 Å². The first-order chi connectivity index (χ1) is 12.5. The standard InChI is InChI=1S/C20H22N4O2/c1-14-11-17-21-12-16(19(26)24(17)22-14)18(25)23-10-6-9-20(2,13-23)15-7-4-3-5-8-15/h3-5,7-8,11-12,22H,6,9-10,13H2,1-2H3. The van der Waals surface area contributed by atoms with Gasteiger partial charge in [-0.1, -0.05) is 37.3 Å². The molecule has 3 heterocycles. The van der Waals surface area contributed by atoms with Crippen LogP contribution >= 0.6 is 0 Å². The van der Waals surface area contributed by atoms with Crippen LogP contribution in [0.5, 0.6) is 0 Å². The van der Waals surface area contributed by atoms with E-state index in [0.29, 0.717) is 18.7 Å².